The molecule has 1 saturated carbocycles. The Morgan fingerprint density at radius 1 is 1.11 bits per heavy atom. The van der Waals surface area contributed by atoms with Gasteiger partial charge in [-0.1, -0.05) is 0 Å². The third-order valence-corrected chi connectivity index (χ3v) is 3.28. The first-order valence-electron chi connectivity index (χ1n) is 5.95. The molecule has 1 aromatic carbocycles. The number of carbonyl (C=O) groups excluding carboxylic acids is 1. The number of halogens is 2. The fourth-order valence-electron chi connectivity index (χ4n) is 2.31. The molecule has 2 atom stereocenters. The normalized spacial score (nSPS) is 22.2. The summed E-state index contributed by atoms with van der Waals surface area (Å²) in [5, 5.41) is 11.3. The second-order valence-electron chi connectivity index (χ2n) is 4.69. The number of benzene rings is 1. The van der Waals surface area contributed by atoms with E-state index in [1.807, 2.05) is 0 Å². The number of rotatable bonds is 3. The van der Waals surface area contributed by atoms with Crippen LogP contribution in [0, 0.1) is 23.5 Å². The molecule has 0 bridgehead atoms. The average molecular weight is 269 g/mol. The van der Waals surface area contributed by atoms with E-state index in [0.717, 1.165) is 12.1 Å². The summed E-state index contributed by atoms with van der Waals surface area (Å²) in [6.07, 6.45) is 1.19. The zero-order valence-electron chi connectivity index (χ0n) is 10.0. The number of aliphatic carboxylic acids is 1. The molecule has 0 heterocycles. The number of nitrogens with one attached hydrogen (secondary N) is 1. The van der Waals surface area contributed by atoms with Crippen molar-refractivity contribution in [2.75, 3.05) is 5.32 Å². The van der Waals surface area contributed by atoms with Crippen molar-refractivity contribution in [2.45, 2.75) is 19.3 Å². The number of carboxylic acids is 1. The lowest BCUT2D eigenvalue weighted by Gasteiger charge is -2.11. The van der Waals surface area contributed by atoms with E-state index in [1.165, 1.54) is 0 Å². The molecule has 0 spiro atoms. The zero-order valence-corrected chi connectivity index (χ0v) is 10.0. The molecule has 0 aromatic heterocycles. The summed E-state index contributed by atoms with van der Waals surface area (Å²) in [5.74, 6) is -3.79. The molecule has 6 heteroatoms. The number of carbonyl (C=O) groups is 2. The SMILES string of the molecule is O=C(O)[C@@H]1CC[C@H](C(=O)Nc2cc(F)cc(F)c2)C1. The molecular weight excluding hydrogens is 256 g/mol. The fraction of sp³-hybridized carbons (Fsp3) is 0.385. The molecule has 1 fully saturated rings. The zero-order chi connectivity index (χ0) is 14.0. The van der Waals surface area contributed by atoms with E-state index in [9.17, 15) is 18.4 Å². The number of amides is 1. The molecule has 0 radical (unpaired) electrons. The Morgan fingerprint density at radius 3 is 2.21 bits per heavy atom. The first-order chi connectivity index (χ1) is 8.95. The van der Waals surface area contributed by atoms with Gasteiger partial charge in [0.25, 0.3) is 0 Å². The van der Waals surface area contributed by atoms with E-state index in [4.69, 9.17) is 5.11 Å². The smallest absolute Gasteiger partial charge is 0.306 e. The maximum atomic E-state index is 13.0. The summed E-state index contributed by atoms with van der Waals surface area (Å²) < 4.78 is 25.9. The van der Waals surface area contributed by atoms with E-state index in [2.05, 4.69) is 5.32 Å². The minimum atomic E-state index is -0.910. The molecule has 1 aliphatic rings. The molecular formula is C13H13F2NO3. The molecule has 1 aliphatic carbocycles. The lowest BCUT2D eigenvalue weighted by atomic mass is 10.0. The quantitative estimate of drug-likeness (QED) is 0.885. The Bertz CT molecular complexity index is 498. The molecule has 0 unspecified atom stereocenters. The van der Waals surface area contributed by atoms with Gasteiger partial charge in [0, 0.05) is 17.7 Å². The van der Waals surface area contributed by atoms with Crippen molar-refractivity contribution in [2.24, 2.45) is 11.8 Å². The Kier molecular flexibility index (Phi) is 3.78. The summed E-state index contributed by atoms with van der Waals surface area (Å²) >= 11 is 0. The van der Waals surface area contributed by atoms with Gasteiger partial charge in [-0.3, -0.25) is 9.59 Å². The third-order valence-electron chi connectivity index (χ3n) is 3.28. The van der Waals surface area contributed by atoms with Crippen LogP contribution in [0.25, 0.3) is 0 Å². The molecule has 1 aromatic rings. The van der Waals surface area contributed by atoms with Crippen molar-refractivity contribution in [3.05, 3.63) is 29.8 Å². The fourth-order valence-corrected chi connectivity index (χ4v) is 2.31. The van der Waals surface area contributed by atoms with Crippen molar-refractivity contribution < 1.29 is 23.5 Å². The van der Waals surface area contributed by atoms with Crippen LogP contribution in [0.15, 0.2) is 18.2 Å². The monoisotopic (exact) mass is 269 g/mol. The topological polar surface area (TPSA) is 66.4 Å². The van der Waals surface area contributed by atoms with Crippen molar-refractivity contribution in [3.8, 4) is 0 Å². The van der Waals surface area contributed by atoms with Gasteiger partial charge in [0.05, 0.1) is 5.92 Å². The summed E-state index contributed by atoms with van der Waals surface area (Å²) in [7, 11) is 0. The largest absolute Gasteiger partial charge is 0.481 e. The lowest BCUT2D eigenvalue weighted by molar-refractivity contribution is -0.141. The highest BCUT2D eigenvalue weighted by molar-refractivity contribution is 5.93. The van der Waals surface area contributed by atoms with Crippen LogP contribution in [0.1, 0.15) is 19.3 Å². The van der Waals surface area contributed by atoms with E-state index >= 15 is 0 Å². The molecule has 102 valence electrons. The predicted octanol–water partition coefficient (Wildman–Crippen LogP) is 2.40. The summed E-state index contributed by atoms with van der Waals surface area (Å²) in [6.45, 7) is 0. The number of carboxylic acid groups (broad SMARTS) is 1. The first-order valence-corrected chi connectivity index (χ1v) is 5.95. The summed E-state index contributed by atoms with van der Waals surface area (Å²) in [4.78, 5) is 22.6. The molecule has 2 N–H and O–H groups in total. The van der Waals surface area contributed by atoms with Gasteiger partial charge in [-0.2, -0.15) is 0 Å². The van der Waals surface area contributed by atoms with Gasteiger partial charge in [-0.05, 0) is 31.4 Å². The van der Waals surface area contributed by atoms with Crippen LogP contribution in [-0.2, 0) is 9.59 Å². The lowest BCUT2D eigenvalue weighted by Crippen LogP contribution is -2.21. The number of hydrogen-bond donors (Lipinski definition) is 2. The molecule has 1 amide bonds. The third kappa shape index (κ3) is 3.27. The number of hydrogen-bond acceptors (Lipinski definition) is 2. The second kappa shape index (κ2) is 5.34. The van der Waals surface area contributed by atoms with E-state index in [0.29, 0.717) is 18.9 Å². The van der Waals surface area contributed by atoms with Crippen LogP contribution >= 0.6 is 0 Å². The van der Waals surface area contributed by atoms with Gasteiger partial charge < -0.3 is 10.4 Å². The first kappa shape index (κ1) is 13.5. The van der Waals surface area contributed by atoms with E-state index in [-0.39, 0.29) is 12.1 Å². The van der Waals surface area contributed by atoms with Crippen LogP contribution in [0.4, 0.5) is 14.5 Å². The van der Waals surface area contributed by atoms with Crippen molar-refractivity contribution >= 4 is 17.6 Å². The van der Waals surface area contributed by atoms with Crippen LogP contribution < -0.4 is 5.32 Å². The van der Waals surface area contributed by atoms with Gasteiger partial charge in [0.2, 0.25) is 5.91 Å². The van der Waals surface area contributed by atoms with Crippen molar-refractivity contribution in [3.63, 3.8) is 0 Å². The Labute approximate surface area is 108 Å². The Morgan fingerprint density at radius 2 is 1.68 bits per heavy atom. The van der Waals surface area contributed by atoms with Crippen LogP contribution in [0.5, 0.6) is 0 Å². The average Bonchev–Trinajstić information content (AvgIpc) is 2.76. The highest BCUT2D eigenvalue weighted by Gasteiger charge is 2.33. The van der Waals surface area contributed by atoms with Gasteiger partial charge in [-0.15, -0.1) is 0 Å². The van der Waals surface area contributed by atoms with Crippen molar-refractivity contribution in [1.82, 2.24) is 0 Å². The van der Waals surface area contributed by atoms with E-state index in [1.54, 1.807) is 0 Å². The number of anilines is 1. The molecule has 0 saturated heterocycles. The van der Waals surface area contributed by atoms with Gasteiger partial charge in [0.15, 0.2) is 0 Å². The second-order valence-corrected chi connectivity index (χ2v) is 4.69. The standard InChI is InChI=1S/C13H13F2NO3/c14-9-4-10(15)6-11(5-9)16-12(17)7-1-2-8(3-7)13(18)19/h4-8H,1-3H2,(H,16,17)(H,18,19)/t7-,8+/m0/s1. The van der Waals surface area contributed by atoms with Gasteiger partial charge in [0.1, 0.15) is 11.6 Å². The maximum Gasteiger partial charge on any atom is 0.306 e. The van der Waals surface area contributed by atoms with Gasteiger partial charge in [-0.25, -0.2) is 8.78 Å². The van der Waals surface area contributed by atoms with Gasteiger partial charge >= 0.3 is 5.97 Å². The minimum Gasteiger partial charge on any atom is -0.481 e. The Hall–Kier alpha value is -1.98. The van der Waals surface area contributed by atoms with Crippen molar-refractivity contribution in [1.29, 1.82) is 0 Å². The predicted molar refractivity (Wildman–Crippen MR) is 63.5 cm³/mol. The summed E-state index contributed by atoms with van der Waals surface area (Å²) in [6, 6.07) is 2.75. The van der Waals surface area contributed by atoms with Crippen LogP contribution in [-0.4, -0.2) is 17.0 Å². The van der Waals surface area contributed by atoms with Crippen LogP contribution in [0.3, 0.4) is 0 Å². The highest BCUT2D eigenvalue weighted by Crippen LogP contribution is 2.32. The highest BCUT2D eigenvalue weighted by atomic mass is 19.1. The molecule has 4 nitrogen and oxygen atoms in total. The van der Waals surface area contributed by atoms with Crippen LogP contribution in [0.2, 0.25) is 0 Å². The summed E-state index contributed by atoms with van der Waals surface area (Å²) in [5.41, 5.74) is 0.0428. The molecule has 0 aliphatic heterocycles. The molecule has 19 heavy (non-hydrogen) atoms. The maximum absolute atomic E-state index is 13.0. The minimum absolute atomic E-state index is 0.0428. The molecule has 2 rings (SSSR count). The van der Waals surface area contributed by atoms with E-state index < -0.39 is 35.3 Å². The Balaban J connectivity index is 2.00.